The van der Waals surface area contributed by atoms with E-state index in [4.69, 9.17) is 5.11 Å². The molecule has 0 aliphatic carbocycles. The second-order valence-corrected chi connectivity index (χ2v) is 3.51. The highest BCUT2D eigenvalue weighted by atomic mass is 16.4. The van der Waals surface area contributed by atoms with E-state index in [1.54, 1.807) is 0 Å². The van der Waals surface area contributed by atoms with Crippen LogP contribution in [0.3, 0.4) is 0 Å². The standard InChI is InChI=1S/C13H12N2O2/c16-13(17)15-10-9-14-12(15)8-4-7-11-5-2-1-3-6-11/h1-7,9-10H,8H2,(H,16,17). The molecule has 17 heavy (non-hydrogen) atoms. The summed E-state index contributed by atoms with van der Waals surface area (Å²) in [6.45, 7) is 0. The summed E-state index contributed by atoms with van der Waals surface area (Å²) >= 11 is 0. The van der Waals surface area contributed by atoms with E-state index in [-0.39, 0.29) is 0 Å². The average Bonchev–Trinajstić information content (AvgIpc) is 2.79. The van der Waals surface area contributed by atoms with Gasteiger partial charge in [0.25, 0.3) is 0 Å². The number of carbonyl (C=O) groups is 1. The zero-order valence-electron chi connectivity index (χ0n) is 9.15. The monoisotopic (exact) mass is 228 g/mol. The van der Waals surface area contributed by atoms with Crippen molar-refractivity contribution >= 4 is 12.2 Å². The van der Waals surface area contributed by atoms with Crippen LogP contribution < -0.4 is 0 Å². The van der Waals surface area contributed by atoms with Gasteiger partial charge in [0.2, 0.25) is 0 Å². The Morgan fingerprint density at radius 1 is 1.35 bits per heavy atom. The number of hydrogen-bond donors (Lipinski definition) is 1. The van der Waals surface area contributed by atoms with Crippen LogP contribution in [0.5, 0.6) is 0 Å². The maximum Gasteiger partial charge on any atom is 0.417 e. The summed E-state index contributed by atoms with van der Waals surface area (Å²) < 4.78 is 1.12. The SMILES string of the molecule is O=C(O)n1ccnc1CC=Cc1ccccc1. The summed E-state index contributed by atoms with van der Waals surface area (Å²) in [6.07, 6.45) is 6.26. The average molecular weight is 228 g/mol. The smallest absolute Gasteiger partial charge is 0.417 e. The number of imidazole rings is 1. The Morgan fingerprint density at radius 2 is 2.12 bits per heavy atom. The lowest BCUT2D eigenvalue weighted by Gasteiger charge is -1.98. The van der Waals surface area contributed by atoms with Crippen molar-refractivity contribution < 1.29 is 9.90 Å². The van der Waals surface area contributed by atoms with Crippen molar-refractivity contribution in [2.45, 2.75) is 6.42 Å². The summed E-state index contributed by atoms with van der Waals surface area (Å²) in [5.74, 6) is 0.518. The number of nitrogens with zero attached hydrogens (tertiary/aromatic N) is 2. The molecule has 0 aliphatic heterocycles. The van der Waals surface area contributed by atoms with E-state index in [2.05, 4.69) is 4.98 Å². The van der Waals surface area contributed by atoms with Crippen LogP contribution in [0.2, 0.25) is 0 Å². The minimum Gasteiger partial charge on any atom is -0.464 e. The lowest BCUT2D eigenvalue weighted by atomic mass is 10.2. The summed E-state index contributed by atoms with van der Waals surface area (Å²) in [5.41, 5.74) is 1.08. The van der Waals surface area contributed by atoms with Gasteiger partial charge in [0.05, 0.1) is 0 Å². The largest absolute Gasteiger partial charge is 0.464 e. The number of allylic oxidation sites excluding steroid dienone is 1. The predicted molar refractivity (Wildman–Crippen MR) is 64.8 cm³/mol. The molecule has 4 heteroatoms. The molecule has 2 aromatic rings. The number of benzene rings is 1. The quantitative estimate of drug-likeness (QED) is 0.878. The van der Waals surface area contributed by atoms with Crippen LogP contribution in [0.1, 0.15) is 11.4 Å². The minimum atomic E-state index is -1.01. The van der Waals surface area contributed by atoms with E-state index in [0.717, 1.165) is 10.1 Å². The summed E-state index contributed by atoms with van der Waals surface area (Å²) in [7, 11) is 0. The molecule has 0 amide bonds. The van der Waals surface area contributed by atoms with Crippen LogP contribution in [0.4, 0.5) is 4.79 Å². The third-order valence-corrected chi connectivity index (χ3v) is 2.33. The number of aromatic nitrogens is 2. The Labute approximate surface area is 98.9 Å². The molecule has 0 bridgehead atoms. The zero-order chi connectivity index (χ0) is 12.1. The van der Waals surface area contributed by atoms with Crippen LogP contribution in [0.25, 0.3) is 6.08 Å². The van der Waals surface area contributed by atoms with Gasteiger partial charge in [-0.1, -0.05) is 42.5 Å². The maximum absolute atomic E-state index is 10.8. The molecular formula is C13H12N2O2. The molecule has 86 valence electrons. The first-order valence-corrected chi connectivity index (χ1v) is 5.24. The second-order valence-electron chi connectivity index (χ2n) is 3.51. The van der Waals surface area contributed by atoms with E-state index < -0.39 is 6.09 Å². The van der Waals surface area contributed by atoms with Crippen molar-refractivity contribution in [3.8, 4) is 0 Å². The first kappa shape index (κ1) is 11.1. The van der Waals surface area contributed by atoms with Crippen LogP contribution in [-0.4, -0.2) is 20.8 Å². The fraction of sp³-hybridized carbons (Fsp3) is 0.0769. The van der Waals surface area contributed by atoms with Gasteiger partial charge < -0.3 is 5.11 Å². The molecule has 1 aromatic heterocycles. The van der Waals surface area contributed by atoms with Crippen molar-refractivity contribution in [2.24, 2.45) is 0 Å². The van der Waals surface area contributed by atoms with Gasteiger partial charge in [-0.15, -0.1) is 0 Å². The lowest BCUT2D eigenvalue weighted by molar-refractivity contribution is 0.195. The highest BCUT2D eigenvalue weighted by Crippen LogP contribution is 2.04. The third kappa shape index (κ3) is 2.81. The number of rotatable bonds is 3. The van der Waals surface area contributed by atoms with E-state index in [1.165, 1.54) is 12.4 Å². The summed E-state index contributed by atoms with van der Waals surface area (Å²) in [5, 5.41) is 8.87. The molecule has 0 saturated heterocycles. The van der Waals surface area contributed by atoms with E-state index in [9.17, 15) is 4.79 Å². The molecular weight excluding hydrogens is 216 g/mol. The van der Waals surface area contributed by atoms with Gasteiger partial charge in [0.1, 0.15) is 5.82 Å². The van der Waals surface area contributed by atoms with Gasteiger partial charge >= 0.3 is 6.09 Å². The molecule has 0 fully saturated rings. The normalized spacial score (nSPS) is 10.8. The molecule has 0 spiro atoms. The van der Waals surface area contributed by atoms with Gasteiger partial charge in [-0.25, -0.2) is 14.3 Å². The fourth-order valence-electron chi connectivity index (χ4n) is 1.52. The van der Waals surface area contributed by atoms with Crippen LogP contribution in [0.15, 0.2) is 48.8 Å². The number of hydrogen-bond acceptors (Lipinski definition) is 2. The van der Waals surface area contributed by atoms with Crippen LogP contribution >= 0.6 is 0 Å². The first-order valence-electron chi connectivity index (χ1n) is 5.24. The topological polar surface area (TPSA) is 55.1 Å². The molecule has 0 unspecified atom stereocenters. The van der Waals surface area contributed by atoms with Gasteiger partial charge in [-0.05, 0) is 5.56 Å². The molecule has 0 atom stereocenters. The second kappa shape index (κ2) is 5.12. The third-order valence-electron chi connectivity index (χ3n) is 2.33. The molecule has 1 N–H and O–H groups in total. The molecule has 4 nitrogen and oxygen atoms in total. The Morgan fingerprint density at radius 3 is 2.82 bits per heavy atom. The van der Waals surface area contributed by atoms with Gasteiger partial charge in [-0.2, -0.15) is 0 Å². The Balaban J connectivity index is 2.05. The molecule has 0 aliphatic rings. The fourth-order valence-corrected chi connectivity index (χ4v) is 1.52. The summed E-state index contributed by atoms with van der Waals surface area (Å²) in [4.78, 5) is 14.8. The lowest BCUT2D eigenvalue weighted by Crippen LogP contribution is -2.10. The van der Waals surface area contributed by atoms with Crippen molar-refractivity contribution in [3.63, 3.8) is 0 Å². The van der Waals surface area contributed by atoms with E-state index >= 15 is 0 Å². The highest BCUT2D eigenvalue weighted by Gasteiger charge is 2.06. The predicted octanol–water partition coefficient (Wildman–Crippen LogP) is 2.67. The molecule has 2 rings (SSSR count). The van der Waals surface area contributed by atoms with Crippen molar-refractivity contribution in [1.29, 1.82) is 0 Å². The van der Waals surface area contributed by atoms with Crippen molar-refractivity contribution in [2.75, 3.05) is 0 Å². The Hall–Kier alpha value is -2.36. The highest BCUT2D eigenvalue weighted by molar-refractivity contribution is 5.68. The van der Waals surface area contributed by atoms with Gasteiger partial charge in [0, 0.05) is 18.8 Å². The van der Waals surface area contributed by atoms with Gasteiger partial charge in [0.15, 0.2) is 0 Å². The van der Waals surface area contributed by atoms with Crippen LogP contribution in [0, 0.1) is 0 Å². The molecule has 0 saturated carbocycles. The summed E-state index contributed by atoms with van der Waals surface area (Å²) in [6, 6.07) is 9.84. The molecule has 1 heterocycles. The van der Waals surface area contributed by atoms with Gasteiger partial charge in [-0.3, -0.25) is 0 Å². The van der Waals surface area contributed by atoms with E-state index in [0.29, 0.717) is 12.2 Å². The van der Waals surface area contributed by atoms with Crippen molar-refractivity contribution in [3.05, 3.63) is 60.2 Å². The van der Waals surface area contributed by atoms with E-state index in [1.807, 2.05) is 42.5 Å². The zero-order valence-corrected chi connectivity index (χ0v) is 9.15. The number of carboxylic acid groups (broad SMARTS) is 1. The molecule has 0 radical (unpaired) electrons. The Kier molecular flexibility index (Phi) is 3.35. The minimum absolute atomic E-state index is 0.494. The Bertz CT molecular complexity index is 529. The first-order chi connectivity index (χ1) is 8.27. The van der Waals surface area contributed by atoms with Crippen LogP contribution in [-0.2, 0) is 6.42 Å². The maximum atomic E-state index is 10.8. The van der Waals surface area contributed by atoms with Crippen molar-refractivity contribution in [1.82, 2.24) is 9.55 Å². The molecule has 1 aromatic carbocycles.